The molecule has 1 aromatic rings. The van der Waals surface area contributed by atoms with E-state index in [1.54, 1.807) is 20.8 Å². The smallest absolute Gasteiger partial charge is 0.362 e. The molecule has 1 aromatic carbocycles. The van der Waals surface area contributed by atoms with Gasteiger partial charge in [0, 0.05) is 6.07 Å². The Morgan fingerprint density at radius 1 is 1.27 bits per heavy atom. The van der Waals surface area contributed by atoms with Gasteiger partial charge in [0.15, 0.2) is 11.4 Å². The average Bonchev–Trinajstić information content (AvgIpc) is 2.53. The number of carbonyl (C=O) groups excluding carboxylic acids is 1. The van der Waals surface area contributed by atoms with E-state index in [2.05, 4.69) is 0 Å². The van der Waals surface area contributed by atoms with Crippen molar-refractivity contribution >= 4 is 21.7 Å². The van der Waals surface area contributed by atoms with E-state index in [1.807, 2.05) is 0 Å². The molecule has 2 rings (SSSR count). The predicted molar refractivity (Wildman–Crippen MR) is 93.3 cm³/mol. The van der Waals surface area contributed by atoms with E-state index >= 15 is 0 Å². The molecule has 0 saturated carbocycles. The van der Waals surface area contributed by atoms with Crippen LogP contribution < -0.4 is 4.90 Å². The number of carbonyl (C=O) groups is 1. The molecule has 0 radical (unpaired) electrons. The van der Waals surface area contributed by atoms with Crippen LogP contribution in [0.1, 0.15) is 20.8 Å². The third-order valence-corrected chi connectivity index (χ3v) is 5.87. The maximum Gasteiger partial charge on any atom is 0.362 e. The maximum absolute atomic E-state index is 12.7. The van der Waals surface area contributed by atoms with Gasteiger partial charge in [-0.25, -0.2) is 13.2 Å². The first-order valence-electron chi connectivity index (χ1n) is 8.30. The number of nitrogens with one attached hydrogen (secondary N) is 1. The van der Waals surface area contributed by atoms with Crippen LogP contribution in [0, 0.1) is 10.1 Å². The van der Waals surface area contributed by atoms with Crippen molar-refractivity contribution in [1.82, 2.24) is 4.31 Å². The van der Waals surface area contributed by atoms with E-state index < -0.39 is 26.2 Å². The molecule has 1 saturated heterocycles. The van der Waals surface area contributed by atoms with Gasteiger partial charge in [-0.05, 0) is 26.8 Å². The summed E-state index contributed by atoms with van der Waals surface area (Å²) in [7, 11) is -3.96. The number of esters is 1. The van der Waals surface area contributed by atoms with Crippen LogP contribution in [0.5, 0.6) is 0 Å². The second-order valence-electron chi connectivity index (χ2n) is 7.14. The van der Waals surface area contributed by atoms with Gasteiger partial charge in [-0.15, -0.1) is 0 Å². The Morgan fingerprint density at radius 3 is 2.38 bits per heavy atom. The first kappa shape index (κ1) is 20.3. The molecule has 1 N–H and O–H groups in total. The van der Waals surface area contributed by atoms with Crippen molar-refractivity contribution in [1.29, 1.82) is 0 Å². The molecule has 0 unspecified atom stereocenters. The average molecular weight is 386 g/mol. The van der Waals surface area contributed by atoms with Crippen molar-refractivity contribution in [2.75, 3.05) is 32.7 Å². The molecular weight excluding hydrogens is 362 g/mol. The minimum atomic E-state index is -3.96. The van der Waals surface area contributed by atoms with Crippen LogP contribution in [0.2, 0.25) is 0 Å². The summed E-state index contributed by atoms with van der Waals surface area (Å²) in [6.07, 6.45) is 0. The zero-order valence-corrected chi connectivity index (χ0v) is 15.9. The lowest BCUT2D eigenvalue weighted by Crippen LogP contribution is -3.15. The van der Waals surface area contributed by atoms with Gasteiger partial charge in [0.1, 0.15) is 5.60 Å². The minimum absolute atomic E-state index is 0.163. The number of benzene rings is 1. The highest BCUT2D eigenvalue weighted by molar-refractivity contribution is 7.89. The number of sulfonamides is 1. The maximum atomic E-state index is 12.7. The number of hydrogen-bond donors (Lipinski definition) is 1. The highest BCUT2D eigenvalue weighted by Gasteiger charge is 2.35. The highest BCUT2D eigenvalue weighted by atomic mass is 32.2. The highest BCUT2D eigenvalue weighted by Crippen LogP contribution is 2.26. The quantitative estimate of drug-likeness (QED) is 0.427. The summed E-state index contributed by atoms with van der Waals surface area (Å²) in [5.41, 5.74) is -0.996. The molecule has 0 amide bonds. The van der Waals surface area contributed by atoms with Gasteiger partial charge in [0.2, 0.25) is 10.0 Å². The molecule has 26 heavy (non-hydrogen) atoms. The number of hydrogen-bond acceptors (Lipinski definition) is 6. The molecule has 1 aliphatic heterocycles. The summed E-state index contributed by atoms with van der Waals surface area (Å²) in [6, 6.07) is 5.31. The van der Waals surface area contributed by atoms with Crippen LogP contribution in [0.25, 0.3) is 0 Å². The van der Waals surface area contributed by atoms with Crippen molar-refractivity contribution in [3.8, 4) is 0 Å². The third-order valence-electron chi connectivity index (χ3n) is 3.92. The molecule has 0 bridgehead atoms. The molecule has 9 nitrogen and oxygen atoms in total. The molecule has 1 aliphatic rings. The van der Waals surface area contributed by atoms with Crippen LogP contribution in [-0.4, -0.2) is 61.9 Å². The van der Waals surface area contributed by atoms with Crippen molar-refractivity contribution in [3.05, 3.63) is 34.4 Å². The number of nitrogens with zero attached hydrogens (tertiary/aromatic N) is 2. The SMILES string of the molecule is CC(C)(C)OC(=O)C[NH+]1CCN(S(=O)(=O)c2ccccc2[N+](=O)[O-])CC1. The Bertz CT molecular complexity index is 779. The topological polar surface area (TPSA) is 111 Å². The van der Waals surface area contributed by atoms with Gasteiger partial charge in [0.05, 0.1) is 31.1 Å². The van der Waals surface area contributed by atoms with Gasteiger partial charge in [-0.1, -0.05) is 12.1 Å². The van der Waals surface area contributed by atoms with Crippen LogP contribution in [0.3, 0.4) is 0 Å². The van der Waals surface area contributed by atoms with E-state index in [9.17, 15) is 23.3 Å². The number of nitro benzene ring substituents is 1. The Labute approximate surface area is 152 Å². The Morgan fingerprint density at radius 2 is 1.85 bits per heavy atom. The second kappa shape index (κ2) is 7.68. The normalized spacial score (nSPS) is 17.0. The first-order chi connectivity index (χ1) is 12.0. The number of rotatable bonds is 5. The Balaban J connectivity index is 2.03. The van der Waals surface area contributed by atoms with Crippen molar-refractivity contribution < 1.29 is 27.8 Å². The van der Waals surface area contributed by atoms with Gasteiger partial charge in [-0.3, -0.25) is 10.1 Å². The summed E-state index contributed by atoms with van der Waals surface area (Å²) in [4.78, 5) is 22.9. The summed E-state index contributed by atoms with van der Waals surface area (Å²) < 4.78 is 32.0. The first-order valence-corrected chi connectivity index (χ1v) is 9.74. The van der Waals surface area contributed by atoms with Gasteiger partial charge in [-0.2, -0.15) is 4.31 Å². The summed E-state index contributed by atoms with van der Waals surface area (Å²) in [5.74, 6) is -0.331. The molecule has 0 spiro atoms. The molecular formula is C16H24N3O6S+. The molecule has 0 aliphatic carbocycles. The van der Waals surface area contributed by atoms with E-state index in [1.165, 1.54) is 28.6 Å². The molecule has 1 heterocycles. The molecule has 1 fully saturated rings. The van der Waals surface area contributed by atoms with Gasteiger partial charge >= 0.3 is 5.97 Å². The summed E-state index contributed by atoms with van der Waals surface area (Å²) in [6.45, 7) is 6.76. The molecule has 0 aromatic heterocycles. The summed E-state index contributed by atoms with van der Waals surface area (Å²) in [5, 5.41) is 11.1. The lowest BCUT2D eigenvalue weighted by molar-refractivity contribution is -0.896. The lowest BCUT2D eigenvalue weighted by Gasteiger charge is -2.31. The molecule has 144 valence electrons. The fraction of sp³-hybridized carbons (Fsp3) is 0.562. The third kappa shape index (κ3) is 4.99. The van der Waals surface area contributed by atoms with E-state index in [-0.39, 0.29) is 30.5 Å². The Hall–Kier alpha value is -2.04. The predicted octanol–water partition coefficient (Wildman–Crippen LogP) is -0.174. The number of nitro groups is 1. The fourth-order valence-corrected chi connectivity index (χ4v) is 4.37. The van der Waals surface area contributed by atoms with Crippen molar-refractivity contribution in [2.24, 2.45) is 0 Å². The Kier molecular flexibility index (Phi) is 5.99. The van der Waals surface area contributed by atoms with Gasteiger partial charge < -0.3 is 9.64 Å². The number of quaternary nitrogens is 1. The van der Waals surface area contributed by atoms with Crippen LogP contribution in [0.15, 0.2) is 29.2 Å². The van der Waals surface area contributed by atoms with E-state index in [0.717, 1.165) is 4.90 Å². The van der Waals surface area contributed by atoms with E-state index in [4.69, 9.17) is 4.74 Å². The second-order valence-corrected chi connectivity index (χ2v) is 9.05. The number of piperazine rings is 1. The van der Waals surface area contributed by atoms with Crippen molar-refractivity contribution in [3.63, 3.8) is 0 Å². The zero-order chi connectivity index (χ0) is 19.5. The van der Waals surface area contributed by atoms with E-state index in [0.29, 0.717) is 13.1 Å². The molecule has 0 atom stereocenters. The monoisotopic (exact) mass is 386 g/mol. The number of ether oxygens (including phenoxy) is 1. The van der Waals surface area contributed by atoms with Gasteiger partial charge in [0.25, 0.3) is 5.69 Å². The summed E-state index contributed by atoms with van der Waals surface area (Å²) >= 11 is 0. The van der Waals surface area contributed by atoms with Crippen LogP contribution in [0.4, 0.5) is 5.69 Å². The lowest BCUT2D eigenvalue weighted by atomic mass is 10.2. The standard InChI is InChI=1S/C16H23N3O6S/c1-16(2,3)25-15(20)12-17-8-10-18(11-9-17)26(23,24)14-7-5-4-6-13(14)19(21)22/h4-7H,8-12H2,1-3H3/p+1. The largest absolute Gasteiger partial charge is 0.456 e. The molecule has 10 heteroatoms. The number of para-hydroxylation sites is 1. The zero-order valence-electron chi connectivity index (χ0n) is 15.1. The minimum Gasteiger partial charge on any atom is -0.456 e. The fourth-order valence-electron chi connectivity index (χ4n) is 2.77. The van der Waals surface area contributed by atoms with Crippen LogP contribution in [-0.2, 0) is 19.6 Å². The van der Waals surface area contributed by atoms with Crippen molar-refractivity contribution in [2.45, 2.75) is 31.3 Å². The van der Waals surface area contributed by atoms with Crippen LogP contribution >= 0.6 is 0 Å².